The van der Waals surface area contributed by atoms with E-state index in [2.05, 4.69) is 15.6 Å². The maximum atomic E-state index is 11.0. The summed E-state index contributed by atoms with van der Waals surface area (Å²) in [7, 11) is 0. The van der Waals surface area contributed by atoms with E-state index >= 15 is 0 Å². The Morgan fingerprint density at radius 1 is 1.38 bits per heavy atom. The molecule has 0 aliphatic heterocycles. The maximum Gasteiger partial charge on any atom is 0.278 e. The number of aliphatic hydroxyl groups is 1. The Bertz CT molecular complexity index is 631. The molecule has 7 nitrogen and oxygen atoms in total. The summed E-state index contributed by atoms with van der Waals surface area (Å²) in [6.45, 7) is 3.56. The van der Waals surface area contributed by atoms with Gasteiger partial charge in [0, 0.05) is 31.9 Å². The number of rotatable bonds is 7. The van der Waals surface area contributed by atoms with Crippen molar-refractivity contribution in [3.05, 3.63) is 40.6 Å². The van der Waals surface area contributed by atoms with Crippen molar-refractivity contribution in [3.8, 4) is 0 Å². The van der Waals surface area contributed by atoms with Crippen molar-refractivity contribution < 1.29 is 10.0 Å². The Hall–Kier alpha value is -2.25. The third-order valence-electron chi connectivity index (χ3n) is 3.00. The number of benzene rings is 1. The van der Waals surface area contributed by atoms with Gasteiger partial charge in [0.05, 0.1) is 22.1 Å². The molecule has 1 unspecified atom stereocenters. The van der Waals surface area contributed by atoms with Gasteiger partial charge >= 0.3 is 0 Å². The molecule has 0 bridgehead atoms. The molecule has 0 saturated heterocycles. The first-order valence-corrected chi connectivity index (χ1v) is 6.74. The van der Waals surface area contributed by atoms with Gasteiger partial charge in [0.15, 0.2) is 0 Å². The van der Waals surface area contributed by atoms with Crippen LogP contribution < -0.4 is 10.6 Å². The smallest absolute Gasteiger partial charge is 0.278 e. The zero-order chi connectivity index (χ0) is 15.2. The topological polar surface area (TPSA) is 100 Å². The fourth-order valence-electron chi connectivity index (χ4n) is 2.06. The fraction of sp³-hybridized carbons (Fsp3) is 0.357. The van der Waals surface area contributed by atoms with E-state index in [-0.39, 0.29) is 11.8 Å². The van der Waals surface area contributed by atoms with E-state index in [0.717, 1.165) is 5.69 Å². The van der Waals surface area contributed by atoms with E-state index in [1.54, 1.807) is 31.3 Å². The van der Waals surface area contributed by atoms with Crippen LogP contribution in [0.2, 0.25) is 0 Å². The summed E-state index contributed by atoms with van der Waals surface area (Å²) >= 11 is 0. The third-order valence-corrected chi connectivity index (χ3v) is 3.00. The number of non-ortho nitro benzene ring substituents is 1. The number of nitrogens with one attached hydrogen (secondary N) is 2. The number of hydrogen-bond acceptors (Lipinski definition) is 6. The lowest BCUT2D eigenvalue weighted by atomic mass is 10.1. The normalized spacial score (nSPS) is 12.3. The van der Waals surface area contributed by atoms with Gasteiger partial charge in [-0.15, -0.1) is 0 Å². The largest absolute Gasteiger partial charge is 0.392 e. The molecule has 21 heavy (non-hydrogen) atoms. The van der Waals surface area contributed by atoms with Crippen LogP contribution in [0.1, 0.15) is 6.92 Å². The molecule has 0 spiro atoms. The molecule has 112 valence electrons. The lowest BCUT2D eigenvalue weighted by Crippen LogP contribution is -2.29. The number of fused-ring (bicyclic) bond motifs is 1. The molecule has 7 heteroatoms. The van der Waals surface area contributed by atoms with Gasteiger partial charge < -0.3 is 15.7 Å². The minimum absolute atomic E-state index is 0.0517. The van der Waals surface area contributed by atoms with E-state index < -0.39 is 4.92 Å². The van der Waals surface area contributed by atoms with Crippen LogP contribution >= 0.6 is 0 Å². The first-order chi connectivity index (χ1) is 10.1. The summed E-state index contributed by atoms with van der Waals surface area (Å²) in [6, 6.07) is 6.53. The average molecular weight is 290 g/mol. The van der Waals surface area contributed by atoms with Crippen molar-refractivity contribution in [2.24, 2.45) is 0 Å². The zero-order valence-electron chi connectivity index (χ0n) is 11.7. The molecular formula is C14H18N4O3. The minimum atomic E-state index is -0.405. The van der Waals surface area contributed by atoms with Crippen molar-refractivity contribution in [1.82, 2.24) is 10.3 Å². The van der Waals surface area contributed by atoms with Crippen LogP contribution in [0.4, 0.5) is 11.4 Å². The molecule has 3 N–H and O–H groups in total. The van der Waals surface area contributed by atoms with E-state index in [4.69, 9.17) is 5.11 Å². The van der Waals surface area contributed by atoms with Crippen molar-refractivity contribution in [2.45, 2.75) is 13.0 Å². The first-order valence-electron chi connectivity index (χ1n) is 6.74. The molecule has 0 radical (unpaired) electrons. The summed E-state index contributed by atoms with van der Waals surface area (Å²) in [6.07, 6.45) is 1.23. The molecule has 2 rings (SSSR count). The van der Waals surface area contributed by atoms with E-state index in [1.165, 1.54) is 6.07 Å². The highest BCUT2D eigenvalue weighted by Gasteiger charge is 2.14. The molecule has 1 atom stereocenters. The Labute approximate surface area is 122 Å². The van der Waals surface area contributed by atoms with Crippen molar-refractivity contribution >= 4 is 22.3 Å². The Morgan fingerprint density at radius 3 is 2.90 bits per heavy atom. The molecule has 0 fully saturated rings. The first kappa shape index (κ1) is 15.1. The zero-order valence-corrected chi connectivity index (χ0v) is 11.7. The van der Waals surface area contributed by atoms with Crippen molar-refractivity contribution in [3.63, 3.8) is 0 Å². The van der Waals surface area contributed by atoms with Crippen molar-refractivity contribution in [1.29, 1.82) is 0 Å². The molecule has 1 heterocycles. The third kappa shape index (κ3) is 3.87. The second kappa shape index (κ2) is 6.96. The molecular weight excluding hydrogens is 272 g/mol. The summed E-state index contributed by atoms with van der Waals surface area (Å²) in [4.78, 5) is 14.8. The maximum absolute atomic E-state index is 11.0. The van der Waals surface area contributed by atoms with Crippen LogP contribution in [0.5, 0.6) is 0 Å². The van der Waals surface area contributed by atoms with Crippen LogP contribution in [0.25, 0.3) is 10.9 Å². The Morgan fingerprint density at radius 2 is 2.19 bits per heavy atom. The minimum Gasteiger partial charge on any atom is -0.392 e. The predicted molar refractivity (Wildman–Crippen MR) is 81.4 cm³/mol. The number of nitro benzene ring substituents is 1. The van der Waals surface area contributed by atoms with Gasteiger partial charge in [0.2, 0.25) is 0 Å². The number of nitro groups is 1. The second-order valence-electron chi connectivity index (χ2n) is 4.77. The van der Waals surface area contributed by atoms with Crippen LogP contribution in [0.15, 0.2) is 30.5 Å². The van der Waals surface area contributed by atoms with Crippen LogP contribution in [0, 0.1) is 10.1 Å². The van der Waals surface area contributed by atoms with Gasteiger partial charge in [-0.25, -0.2) is 0 Å². The molecule has 2 aromatic rings. The Kier molecular flexibility index (Phi) is 5.02. The standard InChI is InChI=1S/C14H18N4O3/c1-10(19)9-15-7-8-16-12-4-5-13(18(20)21)11-3-2-6-17-14(11)12/h2-6,10,15-16,19H,7-9H2,1H3. The van der Waals surface area contributed by atoms with Gasteiger partial charge in [-0.05, 0) is 25.1 Å². The lowest BCUT2D eigenvalue weighted by Gasteiger charge is -2.10. The number of nitrogens with zero attached hydrogens (tertiary/aromatic N) is 2. The van der Waals surface area contributed by atoms with Gasteiger partial charge in [0.1, 0.15) is 5.52 Å². The van der Waals surface area contributed by atoms with Gasteiger partial charge in [0.25, 0.3) is 5.69 Å². The molecule has 0 amide bonds. The van der Waals surface area contributed by atoms with E-state index in [0.29, 0.717) is 30.5 Å². The number of aliphatic hydroxyl groups excluding tert-OH is 1. The quantitative estimate of drug-likeness (QED) is 0.406. The fourth-order valence-corrected chi connectivity index (χ4v) is 2.06. The molecule has 0 saturated carbocycles. The predicted octanol–water partition coefficient (Wildman–Crippen LogP) is 1.53. The summed E-state index contributed by atoms with van der Waals surface area (Å²) in [5.41, 5.74) is 1.40. The van der Waals surface area contributed by atoms with E-state index in [9.17, 15) is 10.1 Å². The molecule has 0 aliphatic rings. The number of anilines is 1. The molecule has 0 aliphatic carbocycles. The van der Waals surface area contributed by atoms with Crippen LogP contribution in [-0.2, 0) is 0 Å². The highest BCUT2D eigenvalue weighted by molar-refractivity contribution is 5.96. The average Bonchev–Trinajstić information content (AvgIpc) is 2.46. The highest BCUT2D eigenvalue weighted by atomic mass is 16.6. The van der Waals surface area contributed by atoms with E-state index in [1.807, 2.05) is 0 Å². The summed E-state index contributed by atoms with van der Waals surface area (Å²) in [5.74, 6) is 0. The monoisotopic (exact) mass is 290 g/mol. The van der Waals surface area contributed by atoms with Gasteiger partial charge in [-0.1, -0.05) is 0 Å². The van der Waals surface area contributed by atoms with Crippen LogP contribution in [-0.4, -0.2) is 40.8 Å². The number of pyridine rings is 1. The number of hydrogen-bond donors (Lipinski definition) is 3. The van der Waals surface area contributed by atoms with Gasteiger partial charge in [-0.2, -0.15) is 0 Å². The van der Waals surface area contributed by atoms with Crippen molar-refractivity contribution in [2.75, 3.05) is 25.0 Å². The molecule has 1 aromatic heterocycles. The SMILES string of the molecule is CC(O)CNCCNc1ccc([N+](=O)[O-])c2cccnc12. The Balaban J connectivity index is 2.11. The van der Waals surface area contributed by atoms with Gasteiger partial charge in [-0.3, -0.25) is 15.1 Å². The van der Waals surface area contributed by atoms with Crippen LogP contribution in [0.3, 0.4) is 0 Å². The second-order valence-corrected chi connectivity index (χ2v) is 4.77. The number of aromatic nitrogens is 1. The lowest BCUT2D eigenvalue weighted by molar-refractivity contribution is -0.383. The molecule has 1 aromatic carbocycles. The summed E-state index contributed by atoms with van der Waals surface area (Å²) < 4.78 is 0. The highest BCUT2D eigenvalue weighted by Crippen LogP contribution is 2.29. The summed E-state index contributed by atoms with van der Waals surface area (Å²) in [5, 5.41) is 27.0.